The van der Waals surface area contributed by atoms with Crippen LogP contribution in [0.4, 0.5) is 10.1 Å². The molecule has 0 saturated heterocycles. The van der Waals surface area contributed by atoms with Gasteiger partial charge < -0.3 is 5.32 Å². The lowest BCUT2D eigenvalue weighted by Crippen LogP contribution is -2.01. The first-order chi connectivity index (χ1) is 8.58. The van der Waals surface area contributed by atoms with E-state index in [1.165, 1.54) is 17.7 Å². The highest BCUT2D eigenvalue weighted by atomic mass is 79.9. The number of hydrogen-bond acceptors (Lipinski definition) is 1. The molecule has 0 fully saturated rings. The van der Waals surface area contributed by atoms with E-state index in [4.69, 9.17) is 0 Å². The SMILES string of the molecule is Cc1cccc(NCc2cc(F)ccc2Br)c1Br. The quantitative estimate of drug-likeness (QED) is 0.773. The van der Waals surface area contributed by atoms with Crippen molar-refractivity contribution in [2.45, 2.75) is 13.5 Å². The normalized spacial score (nSPS) is 10.4. The van der Waals surface area contributed by atoms with Gasteiger partial charge in [0.2, 0.25) is 0 Å². The van der Waals surface area contributed by atoms with Gasteiger partial charge in [0, 0.05) is 21.2 Å². The Morgan fingerprint density at radius 2 is 1.94 bits per heavy atom. The van der Waals surface area contributed by atoms with Gasteiger partial charge in [-0.05, 0) is 58.2 Å². The number of aryl methyl sites for hydroxylation is 1. The lowest BCUT2D eigenvalue weighted by molar-refractivity contribution is 0.625. The molecule has 0 atom stereocenters. The van der Waals surface area contributed by atoms with Crippen LogP contribution in [0.1, 0.15) is 11.1 Å². The number of hydrogen-bond donors (Lipinski definition) is 1. The van der Waals surface area contributed by atoms with Crippen LogP contribution in [-0.4, -0.2) is 0 Å². The van der Waals surface area contributed by atoms with Crippen LogP contribution in [0.3, 0.4) is 0 Å². The van der Waals surface area contributed by atoms with Crippen molar-refractivity contribution in [1.29, 1.82) is 0 Å². The number of nitrogens with one attached hydrogen (secondary N) is 1. The highest BCUT2D eigenvalue weighted by Crippen LogP contribution is 2.27. The molecule has 0 aliphatic rings. The van der Waals surface area contributed by atoms with Gasteiger partial charge in [-0.2, -0.15) is 0 Å². The first-order valence-corrected chi connectivity index (χ1v) is 7.09. The Balaban J connectivity index is 2.16. The van der Waals surface area contributed by atoms with Gasteiger partial charge in [0.1, 0.15) is 5.82 Å². The predicted octanol–water partition coefficient (Wildman–Crippen LogP) is 5.27. The summed E-state index contributed by atoms with van der Waals surface area (Å²) in [5.74, 6) is -0.224. The zero-order valence-electron chi connectivity index (χ0n) is 9.81. The van der Waals surface area contributed by atoms with Gasteiger partial charge in [-0.25, -0.2) is 4.39 Å². The van der Waals surface area contributed by atoms with Crippen molar-refractivity contribution in [3.63, 3.8) is 0 Å². The minimum absolute atomic E-state index is 0.224. The molecule has 2 rings (SSSR count). The Bertz CT molecular complexity index is 568. The second-order valence-electron chi connectivity index (χ2n) is 4.03. The molecule has 1 nitrogen and oxygen atoms in total. The zero-order chi connectivity index (χ0) is 13.1. The lowest BCUT2D eigenvalue weighted by Gasteiger charge is -2.11. The van der Waals surface area contributed by atoms with Crippen molar-refractivity contribution >= 4 is 37.5 Å². The molecule has 0 unspecified atom stereocenters. The molecule has 2 aromatic rings. The summed E-state index contributed by atoms with van der Waals surface area (Å²) in [5, 5.41) is 3.29. The van der Waals surface area contributed by atoms with Crippen molar-refractivity contribution in [1.82, 2.24) is 0 Å². The van der Waals surface area contributed by atoms with E-state index in [-0.39, 0.29) is 5.82 Å². The fourth-order valence-electron chi connectivity index (χ4n) is 1.65. The molecule has 4 heteroatoms. The largest absolute Gasteiger partial charge is 0.380 e. The molecular formula is C14H12Br2FN. The molecule has 0 aromatic heterocycles. The highest BCUT2D eigenvalue weighted by Gasteiger charge is 2.04. The lowest BCUT2D eigenvalue weighted by atomic mass is 10.2. The summed E-state index contributed by atoms with van der Waals surface area (Å²) in [4.78, 5) is 0. The summed E-state index contributed by atoms with van der Waals surface area (Å²) in [6, 6.07) is 10.7. The van der Waals surface area contributed by atoms with Crippen molar-refractivity contribution in [2.75, 3.05) is 5.32 Å². The van der Waals surface area contributed by atoms with E-state index in [0.717, 1.165) is 20.2 Å². The Labute approximate surface area is 123 Å². The van der Waals surface area contributed by atoms with E-state index < -0.39 is 0 Å². The molecule has 18 heavy (non-hydrogen) atoms. The summed E-state index contributed by atoms with van der Waals surface area (Å²) in [7, 11) is 0. The number of halogens is 3. The second-order valence-corrected chi connectivity index (χ2v) is 5.67. The smallest absolute Gasteiger partial charge is 0.123 e. The number of benzene rings is 2. The van der Waals surface area contributed by atoms with Crippen LogP contribution in [0, 0.1) is 12.7 Å². The molecular weight excluding hydrogens is 361 g/mol. The maximum Gasteiger partial charge on any atom is 0.123 e. The molecule has 0 aliphatic carbocycles. The van der Waals surface area contributed by atoms with Crippen molar-refractivity contribution in [3.8, 4) is 0 Å². The minimum Gasteiger partial charge on any atom is -0.380 e. The Morgan fingerprint density at radius 3 is 2.72 bits per heavy atom. The predicted molar refractivity (Wildman–Crippen MR) is 80.3 cm³/mol. The van der Waals surface area contributed by atoms with Gasteiger partial charge in [-0.15, -0.1) is 0 Å². The molecule has 0 amide bonds. The highest BCUT2D eigenvalue weighted by molar-refractivity contribution is 9.11. The third-order valence-electron chi connectivity index (χ3n) is 2.67. The topological polar surface area (TPSA) is 12.0 Å². The van der Waals surface area contributed by atoms with Crippen LogP contribution in [0.25, 0.3) is 0 Å². The van der Waals surface area contributed by atoms with Crippen molar-refractivity contribution in [3.05, 3.63) is 62.3 Å². The average Bonchev–Trinajstić information content (AvgIpc) is 2.35. The van der Waals surface area contributed by atoms with Gasteiger partial charge in [-0.3, -0.25) is 0 Å². The van der Waals surface area contributed by atoms with Gasteiger partial charge in [0.05, 0.1) is 0 Å². The molecule has 94 valence electrons. The van der Waals surface area contributed by atoms with Crippen LogP contribution in [0.15, 0.2) is 45.3 Å². The first-order valence-electron chi connectivity index (χ1n) is 5.51. The fraction of sp³-hybridized carbons (Fsp3) is 0.143. The molecule has 0 spiro atoms. The summed E-state index contributed by atoms with van der Waals surface area (Å²) in [5.41, 5.74) is 3.06. The number of anilines is 1. The monoisotopic (exact) mass is 371 g/mol. The summed E-state index contributed by atoms with van der Waals surface area (Å²) < 4.78 is 15.1. The molecule has 0 heterocycles. The van der Waals surface area contributed by atoms with Gasteiger partial charge in [-0.1, -0.05) is 28.1 Å². The minimum atomic E-state index is -0.224. The van der Waals surface area contributed by atoms with Gasteiger partial charge in [0.25, 0.3) is 0 Å². The summed E-state index contributed by atoms with van der Waals surface area (Å²) in [6.07, 6.45) is 0. The van der Waals surface area contributed by atoms with Crippen LogP contribution in [0.5, 0.6) is 0 Å². The number of rotatable bonds is 3. The van der Waals surface area contributed by atoms with Gasteiger partial charge >= 0.3 is 0 Å². The molecule has 2 aromatic carbocycles. The third-order valence-corrected chi connectivity index (χ3v) is 4.50. The molecule has 0 bridgehead atoms. The maximum atomic E-state index is 13.2. The van der Waals surface area contributed by atoms with Crippen LogP contribution >= 0.6 is 31.9 Å². The van der Waals surface area contributed by atoms with E-state index in [9.17, 15) is 4.39 Å². The second kappa shape index (κ2) is 5.85. The van der Waals surface area contributed by atoms with E-state index in [1.54, 1.807) is 6.07 Å². The Morgan fingerprint density at radius 1 is 1.17 bits per heavy atom. The average molecular weight is 373 g/mol. The summed E-state index contributed by atoms with van der Waals surface area (Å²) in [6.45, 7) is 2.60. The van der Waals surface area contributed by atoms with E-state index in [2.05, 4.69) is 37.2 Å². The van der Waals surface area contributed by atoms with Crippen LogP contribution < -0.4 is 5.32 Å². The first kappa shape index (κ1) is 13.6. The molecule has 1 N–H and O–H groups in total. The van der Waals surface area contributed by atoms with Crippen molar-refractivity contribution in [2.24, 2.45) is 0 Å². The fourth-order valence-corrected chi connectivity index (χ4v) is 2.44. The standard InChI is InChI=1S/C14H12Br2FN/c1-9-3-2-4-13(14(9)16)18-8-10-7-11(17)5-6-12(10)15/h2-7,18H,8H2,1H3. The Kier molecular flexibility index (Phi) is 4.40. The maximum absolute atomic E-state index is 13.2. The van der Waals surface area contributed by atoms with Crippen molar-refractivity contribution < 1.29 is 4.39 Å². The zero-order valence-corrected chi connectivity index (χ0v) is 13.0. The van der Waals surface area contributed by atoms with Crippen LogP contribution in [-0.2, 0) is 6.54 Å². The third kappa shape index (κ3) is 3.12. The Hall–Kier alpha value is -0.870. The molecule has 0 radical (unpaired) electrons. The summed E-state index contributed by atoms with van der Waals surface area (Å²) >= 11 is 6.96. The van der Waals surface area contributed by atoms with E-state index in [1.807, 2.05) is 25.1 Å². The molecule has 0 aliphatic heterocycles. The molecule has 0 saturated carbocycles. The van der Waals surface area contributed by atoms with Crippen LogP contribution in [0.2, 0.25) is 0 Å². The van der Waals surface area contributed by atoms with Gasteiger partial charge in [0.15, 0.2) is 0 Å². The van der Waals surface area contributed by atoms with E-state index >= 15 is 0 Å². The van der Waals surface area contributed by atoms with E-state index in [0.29, 0.717) is 6.54 Å².